The second-order valence-electron chi connectivity index (χ2n) is 7.48. The van der Waals surface area contributed by atoms with Gasteiger partial charge < -0.3 is 9.47 Å². The zero-order chi connectivity index (χ0) is 26.3. The molecular weight excluding hydrogens is 538 g/mol. The van der Waals surface area contributed by atoms with E-state index in [4.69, 9.17) is 21.1 Å². The Kier molecular flexibility index (Phi) is 6.97. The predicted molar refractivity (Wildman–Crippen MR) is 130 cm³/mol. The van der Waals surface area contributed by atoms with Crippen LogP contribution in [-0.4, -0.2) is 41.8 Å². The van der Waals surface area contributed by atoms with Gasteiger partial charge in [-0.3, -0.25) is 0 Å². The van der Waals surface area contributed by atoms with Crippen molar-refractivity contribution in [3.8, 4) is 5.75 Å². The molecule has 0 N–H and O–H groups in total. The van der Waals surface area contributed by atoms with Crippen molar-refractivity contribution in [3.05, 3.63) is 83.5 Å². The lowest BCUT2D eigenvalue weighted by Crippen LogP contribution is -2.33. The first kappa shape index (κ1) is 25.9. The molecule has 1 aromatic heterocycles. The highest BCUT2D eigenvalue weighted by molar-refractivity contribution is 7.93. The highest BCUT2D eigenvalue weighted by atomic mass is 35.5. The first-order valence-corrected chi connectivity index (χ1v) is 13.4. The second kappa shape index (κ2) is 9.69. The maximum Gasteiger partial charge on any atom is 0.268 e. The molecule has 1 heterocycles. The van der Waals surface area contributed by atoms with E-state index in [0.29, 0.717) is 16.4 Å². The summed E-state index contributed by atoms with van der Waals surface area (Å²) in [6.45, 7) is -0.700. The first-order chi connectivity index (χ1) is 17.0. The third-order valence-corrected chi connectivity index (χ3v) is 9.06. The van der Waals surface area contributed by atoms with Crippen LogP contribution in [0.2, 0.25) is 5.02 Å². The van der Waals surface area contributed by atoms with Crippen molar-refractivity contribution in [2.45, 2.75) is 9.79 Å². The topological polar surface area (TPSA) is 94.9 Å². The number of fused-ring (bicyclic) bond motifs is 1. The molecule has 190 valence electrons. The number of sulfonamides is 1. The number of methoxy groups -OCH3 is 2. The molecule has 0 unspecified atom stereocenters. The smallest absolute Gasteiger partial charge is 0.268 e. The van der Waals surface area contributed by atoms with E-state index in [1.165, 1.54) is 56.7 Å². The Hall–Kier alpha value is -3.19. The lowest BCUT2D eigenvalue weighted by Gasteiger charge is -2.24. The number of halogens is 3. The number of anilines is 1. The van der Waals surface area contributed by atoms with Crippen molar-refractivity contribution in [2.24, 2.45) is 0 Å². The highest BCUT2D eigenvalue weighted by Gasteiger charge is 2.33. The van der Waals surface area contributed by atoms with Crippen molar-refractivity contribution < 1.29 is 35.1 Å². The predicted octanol–water partition coefficient (Wildman–Crippen LogP) is 4.62. The van der Waals surface area contributed by atoms with Crippen LogP contribution >= 0.6 is 11.6 Å². The summed E-state index contributed by atoms with van der Waals surface area (Å²) in [6.07, 6.45) is 0.911. The van der Waals surface area contributed by atoms with Crippen LogP contribution < -0.4 is 9.04 Å². The molecule has 0 amide bonds. The van der Waals surface area contributed by atoms with Crippen LogP contribution in [0, 0.1) is 11.6 Å². The van der Waals surface area contributed by atoms with Gasteiger partial charge in [0.1, 0.15) is 29.0 Å². The minimum absolute atomic E-state index is 0.00287. The van der Waals surface area contributed by atoms with Gasteiger partial charge in [0.15, 0.2) is 0 Å². The quantitative estimate of drug-likeness (QED) is 0.232. The Morgan fingerprint density at radius 1 is 0.944 bits per heavy atom. The van der Waals surface area contributed by atoms with E-state index in [0.717, 1.165) is 10.2 Å². The number of nitrogens with zero attached hydrogens (tertiary/aromatic N) is 2. The number of hydrogen-bond acceptors (Lipinski definition) is 6. The van der Waals surface area contributed by atoms with Gasteiger partial charge >= 0.3 is 0 Å². The van der Waals surface area contributed by atoms with Gasteiger partial charge in [-0.25, -0.2) is 33.9 Å². The van der Waals surface area contributed by atoms with E-state index >= 15 is 0 Å². The van der Waals surface area contributed by atoms with Crippen LogP contribution in [0.1, 0.15) is 0 Å². The number of hydrogen-bond donors (Lipinski definition) is 0. The fourth-order valence-corrected chi connectivity index (χ4v) is 6.76. The van der Waals surface area contributed by atoms with Gasteiger partial charge in [0.25, 0.3) is 20.0 Å². The fraction of sp³-hybridized carbons (Fsp3) is 0.130. The number of aromatic nitrogens is 1. The Labute approximate surface area is 211 Å². The lowest BCUT2D eigenvalue weighted by molar-refractivity contribution is 0.209. The molecule has 0 aliphatic heterocycles. The second-order valence-corrected chi connectivity index (χ2v) is 11.5. The summed E-state index contributed by atoms with van der Waals surface area (Å²) in [5, 5.41) is -0.532. The third kappa shape index (κ3) is 4.41. The molecular formula is C23H19ClF2N2O6S2. The molecule has 0 aliphatic rings. The van der Waals surface area contributed by atoms with Crippen molar-refractivity contribution in [1.29, 1.82) is 0 Å². The summed E-state index contributed by atoms with van der Waals surface area (Å²) in [4.78, 5) is -0.570. The zero-order valence-electron chi connectivity index (χ0n) is 18.9. The standard InChI is InChI=1S/C23H19ClF2N2O6S2/c1-33-14-28(22-12-19(25)18(24)11-20(22)26)36(31,32)23-13-27(21-10-15(34-2)8-9-17(21)23)35(29,30)16-6-4-3-5-7-16/h3-13H,14H2,1-2H3. The Balaban J connectivity index is 2.01. The summed E-state index contributed by atoms with van der Waals surface area (Å²) >= 11 is 5.62. The summed E-state index contributed by atoms with van der Waals surface area (Å²) < 4.78 is 94.9. The van der Waals surface area contributed by atoms with Gasteiger partial charge in [0, 0.05) is 30.8 Å². The van der Waals surface area contributed by atoms with E-state index in [1.807, 2.05) is 0 Å². The van der Waals surface area contributed by atoms with E-state index in [1.54, 1.807) is 6.07 Å². The van der Waals surface area contributed by atoms with Crippen molar-refractivity contribution in [3.63, 3.8) is 0 Å². The first-order valence-electron chi connectivity index (χ1n) is 10.2. The van der Waals surface area contributed by atoms with Gasteiger partial charge in [-0.1, -0.05) is 29.8 Å². The van der Waals surface area contributed by atoms with E-state index < -0.39 is 54.0 Å². The molecule has 0 radical (unpaired) electrons. The average Bonchev–Trinajstić information content (AvgIpc) is 3.26. The molecule has 8 nitrogen and oxygen atoms in total. The highest BCUT2D eigenvalue weighted by Crippen LogP contribution is 2.36. The van der Waals surface area contributed by atoms with Crippen molar-refractivity contribution in [2.75, 3.05) is 25.3 Å². The molecule has 3 aromatic carbocycles. The Morgan fingerprint density at radius 2 is 1.64 bits per heavy atom. The Bertz CT molecular complexity index is 1660. The van der Waals surface area contributed by atoms with Gasteiger partial charge in [0.05, 0.1) is 28.2 Å². The van der Waals surface area contributed by atoms with Gasteiger partial charge in [-0.2, -0.15) is 0 Å². The summed E-state index contributed by atoms with van der Waals surface area (Å²) in [5.41, 5.74) is -0.670. The zero-order valence-corrected chi connectivity index (χ0v) is 21.2. The average molecular weight is 557 g/mol. The summed E-state index contributed by atoms with van der Waals surface area (Å²) in [6, 6.07) is 12.8. The van der Waals surface area contributed by atoms with Gasteiger partial charge in [-0.15, -0.1) is 0 Å². The summed E-state index contributed by atoms with van der Waals surface area (Å²) in [7, 11) is -6.42. The molecule has 4 aromatic rings. The summed E-state index contributed by atoms with van der Waals surface area (Å²) in [5.74, 6) is -1.90. The van der Waals surface area contributed by atoms with Crippen LogP contribution in [0.15, 0.2) is 76.7 Å². The maximum atomic E-state index is 14.7. The van der Waals surface area contributed by atoms with E-state index in [9.17, 15) is 25.6 Å². The minimum Gasteiger partial charge on any atom is -0.497 e. The minimum atomic E-state index is -4.70. The SMILES string of the molecule is COCN(c1cc(F)c(Cl)cc1F)S(=O)(=O)c1cn(S(=O)(=O)c2ccccc2)c2cc(OC)ccc12. The third-order valence-electron chi connectivity index (χ3n) is 5.32. The van der Waals surface area contributed by atoms with Crippen molar-refractivity contribution >= 4 is 48.2 Å². The van der Waals surface area contributed by atoms with Crippen LogP contribution in [0.5, 0.6) is 5.75 Å². The van der Waals surface area contributed by atoms with Gasteiger partial charge in [-0.05, 0) is 30.3 Å². The Morgan fingerprint density at radius 3 is 2.28 bits per heavy atom. The largest absolute Gasteiger partial charge is 0.497 e. The normalized spacial score (nSPS) is 12.1. The van der Waals surface area contributed by atoms with Gasteiger partial charge in [0.2, 0.25) is 0 Å². The van der Waals surface area contributed by atoms with Crippen molar-refractivity contribution in [1.82, 2.24) is 3.97 Å². The number of ether oxygens (including phenoxy) is 2. The van der Waals surface area contributed by atoms with Crippen LogP contribution in [0.4, 0.5) is 14.5 Å². The van der Waals surface area contributed by atoms with E-state index in [2.05, 4.69) is 0 Å². The molecule has 0 saturated carbocycles. The molecule has 0 spiro atoms. The molecule has 0 aliphatic carbocycles. The monoisotopic (exact) mass is 556 g/mol. The lowest BCUT2D eigenvalue weighted by atomic mass is 10.2. The molecule has 4 rings (SSSR count). The number of rotatable bonds is 8. The van der Waals surface area contributed by atoms with E-state index in [-0.39, 0.29) is 21.5 Å². The number of benzene rings is 3. The molecule has 13 heteroatoms. The molecule has 36 heavy (non-hydrogen) atoms. The molecule has 0 saturated heterocycles. The van der Waals surface area contributed by atoms with Crippen LogP contribution in [0.3, 0.4) is 0 Å². The molecule has 0 fully saturated rings. The molecule has 0 bridgehead atoms. The van der Waals surface area contributed by atoms with Crippen LogP contribution in [0.25, 0.3) is 10.9 Å². The molecule has 0 atom stereocenters. The fourth-order valence-electron chi connectivity index (χ4n) is 3.59. The maximum absolute atomic E-state index is 14.7. The van der Waals surface area contributed by atoms with Crippen LogP contribution in [-0.2, 0) is 24.8 Å².